The van der Waals surface area contributed by atoms with Crippen molar-refractivity contribution in [1.82, 2.24) is 4.90 Å². The van der Waals surface area contributed by atoms with Gasteiger partial charge in [0.25, 0.3) is 0 Å². The molecule has 1 unspecified atom stereocenters. The van der Waals surface area contributed by atoms with Crippen molar-refractivity contribution in [3.63, 3.8) is 0 Å². The number of nitrogens with zero attached hydrogens (tertiary/aromatic N) is 2. The third-order valence-corrected chi connectivity index (χ3v) is 2.34. The molecule has 0 aliphatic carbocycles. The van der Waals surface area contributed by atoms with Crippen LogP contribution in [-0.2, 0) is 4.84 Å². The van der Waals surface area contributed by atoms with E-state index >= 15 is 0 Å². The summed E-state index contributed by atoms with van der Waals surface area (Å²) in [6, 6.07) is 0.511. The highest BCUT2D eigenvalue weighted by Crippen LogP contribution is 2.15. The molecule has 0 aromatic heterocycles. The van der Waals surface area contributed by atoms with Crippen LogP contribution < -0.4 is 0 Å². The van der Waals surface area contributed by atoms with Crippen molar-refractivity contribution >= 4 is 5.71 Å². The van der Waals surface area contributed by atoms with E-state index in [1.807, 2.05) is 13.8 Å². The maximum absolute atomic E-state index is 5.02. The first kappa shape index (κ1) is 9.52. The normalized spacial score (nSPS) is 26.2. The zero-order valence-electron chi connectivity index (χ0n) is 8.21. The lowest BCUT2D eigenvalue weighted by molar-refractivity contribution is 0.156. The fraction of sp³-hybridized carbons (Fsp3) is 0.889. The Hall–Kier alpha value is -0.570. The van der Waals surface area contributed by atoms with E-state index in [9.17, 15) is 0 Å². The second kappa shape index (κ2) is 4.45. The van der Waals surface area contributed by atoms with Crippen LogP contribution >= 0.6 is 0 Å². The van der Waals surface area contributed by atoms with Crippen LogP contribution in [0.15, 0.2) is 5.16 Å². The molecule has 1 aliphatic rings. The van der Waals surface area contributed by atoms with E-state index in [1.165, 1.54) is 19.4 Å². The van der Waals surface area contributed by atoms with Crippen LogP contribution in [0.3, 0.4) is 0 Å². The quantitative estimate of drug-likeness (QED) is 0.473. The summed E-state index contributed by atoms with van der Waals surface area (Å²) < 4.78 is 0. The Labute approximate surface area is 74.4 Å². The van der Waals surface area contributed by atoms with Gasteiger partial charge in [0.15, 0.2) is 0 Å². The molecule has 1 atom stereocenters. The minimum absolute atomic E-state index is 0.511. The lowest BCUT2D eigenvalue weighted by atomic mass is 10.1. The van der Waals surface area contributed by atoms with Crippen LogP contribution in [0.2, 0.25) is 0 Å². The third kappa shape index (κ3) is 2.21. The van der Waals surface area contributed by atoms with E-state index in [1.54, 1.807) is 0 Å². The van der Waals surface area contributed by atoms with E-state index in [2.05, 4.69) is 17.1 Å². The highest BCUT2D eigenvalue weighted by atomic mass is 16.6. The fourth-order valence-corrected chi connectivity index (χ4v) is 1.67. The third-order valence-electron chi connectivity index (χ3n) is 2.34. The van der Waals surface area contributed by atoms with Gasteiger partial charge in [-0.05, 0) is 40.3 Å². The largest absolute Gasteiger partial charge is 0.396 e. The molecule has 0 saturated carbocycles. The summed E-state index contributed by atoms with van der Waals surface area (Å²) in [6.45, 7) is 5.84. The monoisotopic (exact) mass is 170 g/mol. The van der Waals surface area contributed by atoms with Crippen LogP contribution in [0.4, 0.5) is 0 Å². The molecule has 0 radical (unpaired) electrons. The molecular weight excluding hydrogens is 152 g/mol. The zero-order valence-corrected chi connectivity index (χ0v) is 8.21. The Morgan fingerprint density at radius 3 is 2.92 bits per heavy atom. The van der Waals surface area contributed by atoms with Crippen LogP contribution in [0.5, 0.6) is 0 Å². The first-order valence-electron chi connectivity index (χ1n) is 4.62. The second-order valence-electron chi connectivity index (χ2n) is 3.29. The smallest absolute Gasteiger partial charge is 0.114 e. The Morgan fingerprint density at radius 2 is 2.42 bits per heavy atom. The molecular formula is C9H18N2O. The molecule has 1 saturated heterocycles. The minimum atomic E-state index is 0.511. The Morgan fingerprint density at radius 1 is 1.67 bits per heavy atom. The molecule has 0 bridgehead atoms. The van der Waals surface area contributed by atoms with Gasteiger partial charge >= 0.3 is 0 Å². The Bertz CT molecular complexity index is 168. The van der Waals surface area contributed by atoms with Gasteiger partial charge in [-0.2, -0.15) is 0 Å². The molecule has 3 heteroatoms. The molecule has 0 spiro atoms. The van der Waals surface area contributed by atoms with Crippen molar-refractivity contribution in [2.24, 2.45) is 5.16 Å². The van der Waals surface area contributed by atoms with Crippen molar-refractivity contribution in [1.29, 1.82) is 0 Å². The fourth-order valence-electron chi connectivity index (χ4n) is 1.67. The van der Waals surface area contributed by atoms with Crippen molar-refractivity contribution < 1.29 is 4.84 Å². The maximum Gasteiger partial charge on any atom is 0.114 e. The molecule has 0 aromatic rings. The number of hydrogen-bond donors (Lipinski definition) is 0. The number of oxime groups is 1. The van der Waals surface area contributed by atoms with E-state index < -0.39 is 0 Å². The van der Waals surface area contributed by atoms with Gasteiger partial charge in [-0.15, -0.1) is 0 Å². The van der Waals surface area contributed by atoms with E-state index in [-0.39, 0.29) is 0 Å². The van der Waals surface area contributed by atoms with Gasteiger partial charge in [0.1, 0.15) is 6.61 Å². The van der Waals surface area contributed by atoms with Gasteiger partial charge < -0.3 is 4.84 Å². The van der Waals surface area contributed by atoms with Gasteiger partial charge in [-0.3, -0.25) is 4.90 Å². The first-order valence-corrected chi connectivity index (χ1v) is 4.62. The SMILES string of the molecule is CCO/N=C(/C)C1CCCN1C. The molecule has 0 aromatic carbocycles. The van der Waals surface area contributed by atoms with Crippen molar-refractivity contribution in [3.8, 4) is 0 Å². The average molecular weight is 170 g/mol. The van der Waals surface area contributed by atoms with E-state index in [0.29, 0.717) is 12.6 Å². The predicted octanol–water partition coefficient (Wildman–Crippen LogP) is 1.49. The summed E-state index contributed by atoms with van der Waals surface area (Å²) in [4.78, 5) is 7.35. The topological polar surface area (TPSA) is 24.8 Å². The molecule has 1 heterocycles. The van der Waals surface area contributed by atoms with Gasteiger partial charge in [0.2, 0.25) is 0 Å². The Balaban J connectivity index is 2.45. The summed E-state index contributed by atoms with van der Waals surface area (Å²) >= 11 is 0. The second-order valence-corrected chi connectivity index (χ2v) is 3.29. The van der Waals surface area contributed by atoms with Crippen LogP contribution in [0.1, 0.15) is 26.7 Å². The summed E-state index contributed by atoms with van der Waals surface area (Å²) in [6.07, 6.45) is 2.50. The zero-order chi connectivity index (χ0) is 8.97. The average Bonchev–Trinajstić information content (AvgIpc) is 2.47. The summed E-state index contributed by atoms with van der Waals surface area (Å²) in [5.41, 5.74) is 1.11. The van der Waals surface area contributed by atoms with Gasteiger partial charge in [0.05, 0.1) is 11.8 Å². The van der Waals surface area contributed by atoms with Crippen molar-refractivity contribution in [2.45, 2.75) is 32.7 Å². The summed E-state index contributed by atoms with van der Waals surface area (Å²) in [5.74, 6) is 0. The van der Waals surface area contributed by atoms with Crippen LogP contribution in [0.25, 0.3) is 0 Å². The van der Waals surface area contributed by atoms with Gasteiger partial charge in [-0.1, -0.05) is 5.16 Å². The van der Waals surface area contributed by atoms with Crippen LogP contribution in [0, 0.1) is 0 Å². The molecule has 0 N–H and O–H groups in total. The highest BCUT2D eigenvalue weighted by molar-refractivity contribution is 5.87. The standard InChI is InChI=1S/C9H18N2O/c1-4-12-10-8(2)9-6-5-7-11(9)3/h9H,4-7H2,1-3H3/b10-8-. The first-order chi connectivity index (χ1) is 5.75. The molecule has 1 fully saturated rings. The molecule has 0 amide bonds. The maximum atomic E-state index is 5.02. The van der Waals surface area contributed by atoms with Crippen LogP contribution in [-0.4, -0.2) is 36.9 Å². The number of hydrogen-bond acceptors (Lipinski definition) is 3. The number of rotatable bonds is 3. The molecule has 12 heavy (non-hydrogen) atoms. The lowest BCUT2D eigenvalue weighted by Gasteiger charge is -2.18. The Kier molecular flexibility index (Phi) is 3.53. The lowest BCUT2D eigenvalue weighted by Crippen LogP contribution is -2.31. The van der Waals surface area contributed by atoms with Gasteiger partial charge in [-0.25, -0.2) is 0 Å². The van der Waals surface area contributed by atoms with E-state index in [4.69, 9.17) is 4.84 Å². The summed E-state index contributed by atoms with van der Waals surface area (Å²) in [7, 11) is 2.14. The minimum Gasteiger partial charge on any atom is -0.396 e. The van der Waals surface area contributed by atoms with E-state index in [0.717, 1.165) is 5.71 Å². The molecule has 70 valence electrons. The van der Waals surface area contributed by atoms with Gasteiger partial charge in [0, 0.05) is 0 Å². The van der Waals surface area contributed by atoms with Crippen molar-refractivity contribution in [3.05, 3.63) is 0 Å². The van der Waals surface area contributed by atoms with Crippen molar-refractivity contribution in [2.75, 3.05) is 20.2 Å². The number of likely N-dealkylation sites (tertiary alicyclic amines) is 1. The molecule has 1 aliphatic heterocycles. The highest BCUT2D eigenvalue weighted by Gasteiger charge is 2.23. The molecule has 1 rings (SSSR count). The molecule has 3 nitrogen and oxygen atoms in total. The predicted molar refractivity (Wildman–Crippen MR) is 50.4 cm³/mol. The summed E-state index contributed by atoms with van der Waals surface area (Å²) in [5, 5.41) is 4.05.